The fourth-order valence-corrected chi connectivity index (χ4v) is 2.89. The lowest BCUT2D eigenvalue weighted by Gasteiger charge is -2.11. The molecule has 0 bridgehead atoms. The van der Waals surface area contributed by atoms with Crippen LogP contribution in [0.5, 0.6) is 0 Å². The van der Waals surface area contributed by atoms with Gasteiger partial charge in [0.2, 0.25) is 0 Å². The highest BCUT2D eigenvalue weighted by Crippen LogP contribution is 2.23. The Kier molecular flexibility index (Phi) is 3.87. The lowest BCUT2D eigenvalue weighted by Crippen LogP contribution is -2.14. The summed E-state index contributed by atoms with van der Waals surface area (Å²) in [7, 11) is -4.02. The molecule has 0 aliphatic rings. The molecule has 4 nitrogen and oxygen atoms in total. The summed E-state index contributed by atoms with van der Waals surface area (Å²) in [4.78, 5) is -0.0745. The van der Waals surface area contributed by atoms with Crippen LogP contribution in [0.1, 0.15) is 11.1 Å². The molecule has 2 aromatic rings. The Balaban J connectivity index is 2.42. The number of sulfonamides is 1. The molecule has 0 aromatic heterocycles. The minimum atomic E-state index is -4.02. The van der Waals surface area contributed by atoms with Crippen molar-refractivity contribution in [2.24, 2.45) is 0 Å². The van der Waals surface area contributed by atoms with Crippen LogP contribution in [0.3, 0.4) is 0 Å². The van der Waals surface area contributed by atoms with Gasteiger partial charge in [-0.3, -0.25) is 4.72 Å². The molecule has 0 heterocycles. The van der Waals surface area contributed by atoms with Crippen LogP contribution < -0.4 is 10.5 Å². The van der Waals surface area contributed by atoms with Gasteiger partial charge >= 0.3 is 0 Å². The Morgan fingerprint density at radius 1 is 1.00 bits per heavy atom. The normalized spacial score (nSPS) is 11.4. The van der Waals surface area contributed by atoms with Crippen LogP contribution in [0.4, 0.5) is 20.2 Å². The summed E-state index contributed by atoms with van der Waals surface area (Å²) < 4.78 is 53.5. The van der Waals surface area contributed by atoms with Crippen molar-refractivity contribution in [3.63, 3.8) is 0 Å². The highest BCUT2D eigenvalue weighted by atomic mass is 32.2. The molecule has 0 spiro atoms. The van der Waals surface area contributed by atoms with Crippen molar-refractivity contribution >= 4 is 21.4 Å². The maximum Gasteiger partial charge on any atom is 0.261 e. The number of rotatable bonds is 3. The number of halogens is 2. The standard InChI is InChI=1S/C14H14F2N2O2S/c1-8-6-12(16)14(7-11(8)15)18-21(19,20)10-3-4-13(17)9(2)5-10/h3-7,18H,17H2,1-2H3. The van der Waals surface area contributed by atoms with Crippen molar-refractivity contribution in [1.82, 2.24) is 0 Å². The molecule has 3 N–H and O–H groups in total. The molecule has 0 aliphatic carbocycles. The molecule has 112 valence electrons. The molecule has 2 aromatic carbocycles. The second kappa shape index (κ2) is 5.33. The predicted octanol–water partition coefficient (Wildman–Crippen LogP) is 2.96. The van der Waals surface area contributed by atoms with E-state index in [4.69, 9.17) is 5.73 Å². The number of hydrogen-bond donors (Lipinski definition) is 2. The summed E-state index contributed by atoms with van der Waals surface area (Å²) >= 11 is 0. The van der Waals surface area contributed by atoms with Gasteiger partial charge in [-0.1, -0.05) is 0 Å². The molecule has 0 saturated heterocycles. The van der Waals surface area contributed by atoms with E-state index in [-0.39, 0.29) is 10.5 Å². The molecular formula is C14H14F2N2O2S. The SMILES string of the molecule is Cc1cc(S(=O)(=O)Nc2cc(F)c(C)cc2F)ccc1N. The fourth-order valence-electron chi connectivity index (χ4n) is 1.74. The molecular weight excluding hydrogens is 298 g/mol. The van der Waals surface area contributed by atoms with Crippen LogP contribution in [-0.4, -0.2) is 8.42 Å². The summed E-state index contributed by atoms with van der Waals surface area (Å²) in [5.74, 6) is -1.53. The van der Waals surface area contributed by atoms with E-state index in [0.717, 1.165) is 12.1 Å². The monoisotopic (exact) mass is 312 g/mol. The van der Waals surface area contributed by atoms with Crippen LogP contribution in [0, 0.1) is 25.5 Å². The zero-order chi connectivity index (χ0) is 15.8. The molecule has 0 atom stereocenters. The van der Waals surface area contributed by atoms with Gasteiger partial charge in [0.1, 0.15) is 11.6 Å². The number of benzene rings is 2. The second-order valence-corrected chi connectivity index (χ2v) is 6.39. The Bertz CT molecular complexity index is 805. The summed E-state index contributed by atoms with van der Waals surface area (Å²) in [6, 6.07) is 5.84. The number of anilines is 2. The summed E-state index contributed by atoms with van der Waals surface area (Å²) in [5.41, 5.74) is 6.30. The predicted molar refractivity (Wildman–Crippen MR) is 77.5 cm³/mol. The molecule has 7 heteroatoms. The van der Waals surface area contributed by atoms with Gasteiger partial charge in [0.05, 0.1) is 10.6 Å². The highest BCUT2D eigenvalue weighted by Gasteiger charge is 2.18. The zero-order valence-corrected chi connectivity index (χ0v) is 12.3. The lowest BCUT2D eigenvalue weighted by atomic mass is 10.2. The number of nitrogens with one attached hydrogen (secondary N) is 1. The quantitative estimate of drug-likeness (QED) is 0.856. The minimum Gasteiger partial charge on any atom is -0.399 e. The van der Waals surface area contributed by atoms with Crippen LogP contribution in [-0.2, 0) is 10.0 Å². The lowest BCUT2D eigenvalue weighted by molar-refractivity contribution is 0.590. The first-order valence-electron chi connectivity index (χ1n) is 6.05. The van der Waals surface area contributed by atoms with Crippen LogP contribution >= 0.6 is 0 Å². The van der Waals surface area contributed by atoms with Crippen molar-refractivity contribution in [3.05, 3.63) is 53.1 Å². The Morgan fingerprint density at radius 3 is 2.29 bits per heavy atom. The Hall–Kier alpha value is -2.15. The van der Waals surface area contributed by atoms with Gasteiger partial charge in [0.15, 0.2) is 0 Å². The van der Waals surface area contributed by atoms with Gasteiger partial charge in [-0.2, -0.15) is 0 Å². The molecule has 21 heavy (non-hydrogen) atoms. The third-order valence-electron chi connectivity index (χ3n) is 3.04. The largest absolute Gasteiger partial charge is 0.399 e. The molecule has 0 radical (unpaired) electrons. The number of nitrogen functional groups attached to an aromatic ring is 1. The third-order valence-corrected chi connectivity index (χ3v) is 4.41. The van der Waals surface area contributed by atoms with E-state index in [1.165, 1.54) is 25.1 Å². The summed E-state index contributed by atoms with van der Waals surface area (Å²) in [6.45, 7) is 3.04. The molecule has 0 fully saturated rings. The topological polar surface area (TPSA) is 72.2 Å². The fraction of sp³-hybridized carbons (Fsp3) is 0.143. The summed E-state index contributed by atoms with van der Waals surface area (Å²) in [6.07, 6.45) is 0. The van der Waals surface area contributed by atoms with Crippen molar-refractivity contribution in [1.29, 1.82) is 0 Å². The average Bonchev–Trinajstić information content (AvgIpc) is 2.39. The molecule has 0 aliphatic heterocycles. The minimum absolute atomic E-state index is 0.0745. The maximum atomic E-state index is 13.7. The van der Waals surface area contributed by atoms with Crippen molar-refractivity contribution < 1.29 is 17.2 Å². The smallest absolute Gasteiger partial charge is 0.261 e. The summed E-state index contributed by atoms with van der Waals surface area (Å²) in [5, 5.41) is 0. The Morgan fingerprint density at radius 2 is 1.67 bits per heavy atom. The van der Waals surface area contributed by atoms with E-state index >= 15 is 0 Å². The first-order valence-corrected chi connectivity index (χ1v) is 7.53. The van der Waals surface area contributed by atoms with Gasteiger partial charge in [0.25, 0.3) is 10.0 Å². The van der Waals surface area contributed by atoms with Gasteiger partial charge < -0.3 is 5.73 Å². The van der Waals surface area contributed by atoms with E-state index in [1.54, 1.807) is 6.92 Å². The van der Waals surface area contributed by atoms with Crippen molar-refractivity contribution in [3.8, 4) is 0 Å². The van der Waals surface area contributed by atoms with E-state index in [2.05, 4.69) is 0 Å². The number of aryl methyl sites for hydroxylation is 2. The van der Waals surface area contributed by atoms with Crippen LogP contribution in [0.25, 0.3) is 0 Å². The van der Waals surface area contributed by atoms with E-state index < -0.39 is 27.3 Å². The van der Waals surface area contributed by atoms with E-state index in [0.29, 0.717) is 11.3 Å². The second-order valence-electron chi connectivity index (χ2n) is 4.71. The maximum absolute atomic E-state index is 13.7. The highest BCUT2D eigenvalue weighted by molar-refractivity contribution is 7.92. The number of nitrogens with two attached hydrogens (primary N) is 1. The third kappa shape index (κ3) is 3.13. The van der Waals surface area contributed by atoms with Gasteiger partial charge in [-0.05, 0) is 49.2 Å². The zero-order valence-electron chi connectivity index (χ0n) is 11.4. The van der Waals surface area contributed by atoms with Gasteiger partial charge in [-0.25, -0.2) is 17.2 Å². The molecule has 0 unspecified atom stereocenters. The van der Waals surface area contributed by atoms with Crippen LogP contribution in [0.2, 0.25) is 0 Å². The van der Waals surface area contributed by atoms with Crippen LogP contribution in [0.15, 0.2) is 35.2 Å². The van der Waals surface area contributed by atoms with E-state index in [1.807, 2.05) is 4.72 Å². The van der Waals surface area contributed by atoms with Crippen molar-refractivity contribution in [2.75, 3.05) is 10.5 Å². The Labute approximate surface area is 121 Å². The van der Waals surface area contributed by atoms with Gasteiger partial charge in [0, 0.05) is 11.8 Å². The van der Waals surface area contributed by atoms with E-state index in [9.17, 15) is 17.2 Å². The molecule has 0 saturated carbocycles. The van der Waals surface area contributed by atoms with Crippen molar-refractivity contribution in [2.45, 2.75) is 18.7 Å². The first-order chi connectivity index (χ1) is 9.70. The first kappa shape index (κ1) is 15.2. The molecule has 0 amide bonds. The molecule has 2 rings (SSSR count). The van der Waals surface area contributed by atoms with Gasteiger partial charge in [-0.15, -0.1) is 0 Å². The average molecular weight is 312 g/mol. The number of hydrogen-bond acceptors (Lipinski definition) is 3.